The first kappa shape index (κ1) is 20.8. The molecule has 0 aromatic carbocycles. The van der Waals surface area contributed by atoms with Crippen molar-refractivity contribution in [2.75, 3.05) is 13.2 Å². The highest BCUT2D eigenvalue weighted by Crippen LogP contribution is 2.51. The molecule has 0 aliphatic carbocycles. The highest BCUT2D eigenvalue weighted by atomic mass is 16.7. The van der Waals surface area contributed by atoms with E-state index in [9.17, 15) is 20.4 Å². The summed E-state index contributed by atoms with van der Waals surface area (Å²) in [5.74, 6) is -2.05. The van der Waals surface area contributed by atoms with E-state index in [2.05, 4.69) is 26.3 Å². The van der Waals surface area contributed by atoms with Crippen LogP contribution in [-0.4, -0.2) is 62.8 Å². The third-order valence-corrected chi connectivity index (χ3v) is 4.45. The zero-order chi connectivity index (χ0) is 18.4. The van der Waals surface area contributed by atoms with Crippen LogP contribution in [0.3, 0.4) is 0 Å². The molecular formula is C18H28O6. The lowest BCUT2D eigenvalue weighted by molar-refractivity contribution is -0.421. The Bertz CT molecular complexity index is 478. The van der Waals surface area contributed by atoms with Crippen molar-refractivity contribution in [2.45, 2.75) is 48.5 Å². The van der Waals surface area contributed by atoms with Crippen molar-refractivity contribution in [1.82, 2.24) is 0 Å². The predicted molar refractivity (Wildman–Crippen MR) is 91.2 cm³/mol. The summed E-state index contributed by atoms with van der Waals surface area (Å²) in [7, 11) is 0. The molecule has 1 aliphatic rings. The van der Waals surface area contributed by atoms with Gasteiger partial charge in [0, 0.05) is 12.8 Å². The molecule has 0 spiro atoms. The van der Waals surface area contributed by atoms with Crippen LogP contribution in [0, 0.1) is 0 Å². The van der Waals surface area contributed by atoms with Crippen molar-refractivity contribution in [1.29, 1.82) is 0 Å². The van der Waals surface area contributed by atoms with Crippen LogP contribution in [0.2, 0.25) is 0 Å². The smallest absolute Gasteiger partial charge is 0.202 e. The van der Waals surface area contributed by atoms with Gasteiger partial charge in [-0.2, -0.15) is 0 Å². The summed E-state index contributed by atoms with van der Waals surface area (Å²) in [6.45, 7) is 13.8. The van der Waals surface area contributed by atoms with Gasteiger partial charge in [0.25, 0.3) is 0 Å². The van der Waals surface area contributed by atoms with Crippen molar-refractivity contribution in [3.8, 4) is 0 Å². The first-order valence-electron chi connectivity index (χ1n) is 7.81. The second-order valence-corrected chi connectivity index (χ2v) is 5.90. The maximum absolute atomic E-state index is 11.4. The number of hydrogen-bond donors (Lipinski definition) is 4. The van der Waals surface area contributed by atoms with E-state index in [0.29, 0.717) is 0 Å². The molecule has 1 rings (SSSR count). The average molecular weight is 340 g/mol. The molecule has 0 aromatic rings. The monoisotopic (exact) mass is 340 g/mol. The van der Waals surface area contributed by atoms with Crippen molar-refractivity contribution in [3.63, 3.8) is 0 Å². The van der Waals surface area contributed by atoms with Crippen LogP contribution in [-0.2, 0) is 9.47 Å². The lowest BCUT2D eigenvalue weighted by Gasteiger charge is -2.60. The van der Waals surface area contributed by atoms with E-state index in [4.69, 9.17) is 9.47 Å². The molecule has 5 atom stereocenters. The molecule has 0 aromatic heterocycles. The van der Waals surface area contributed by atoms with Gasteiger partial charge in [-0.05, 0) is 6.42 Å². The Morgan fingerprint density at radius 1 is 0.958 bits per heavy atom. The Balaban J connectivity index is 3.63. The molecule has 1 saturated heterocycles. The van der Waals surface area contributed by atoms with Gasteiger partial charge in [0.15, 0.2) is 5.60 Å². The van der Waals surface area contributed by atoms with Gasteiger partial charge in [0.1, 0.15) is 17.8 Å². The molecule has 0 saturated carbocycles. The van der Waals surface area contributed by atoms with Gasteiger partial charge in [0.05, 0.1) is 13.2 Å². The third kappa shape index (κ3) is 3.13. The van der Waals surface area contributed by atoms with E-state index in [1.807, 2.05) is 0 Å². The van der Waals surface area contributed by atoms with Crippen LogP contribution in [0.25, 0.3) is 0 Å². The van der Waals surface area contributed by atoms with Crippen molar-refractivity contribution < 1.29 is 29.9 Å². The molecule has 4 N–H and O–H groups in total. The molecule has 1 fully saturated rings. The summed E-state index contributed by atoms with van der Waals surface area (Å²) in [4.78, 5) is 0. The fraction of sp³-hybridized carbons (Fsp3) is 0.556. The minimum absolute atomic E-state index is 0.00732. The molecule has 0 bridgehead atoms. The summed E-state index contributed by atoms with van der Waals surface area (Å²) in [6, 6.07) is 0. The van der Waals surface area contributed by atoms with Gasteiger partial charge in [-0.25, -0.2) is 0 Å². The Morgan fingerprint density at radius 3 is 2.00 bits per heavy atom. The molecule has 6 nitrogen and oxygen atoms in total. The van der Waals surface area contributed by atoms with Crippen LogP contribution in [0.15, 0.2) is 50.6 Å². The van der Waals surface area contributed by atoms with Crippen LogP contribution in [0.1, 0.15) is 19.3 Å². The fourth-order valence-corrected chi connectivity index (χ4v) is 3.38. The number of rotatable bonds is 10. The SMILES string of the molecule is C=CCO[C@]1(CC=C)[C@](O)(CC=C)O[C@H](CO)[C@@H](O)[C@@]1(O)CC=C. The second-order valence-electron chi connectivity index (χ2n) is 5.90. The van der Waals surface area contributed by atoms with E-state index in [1.54, 1.807) is 0 Å². The van der Waals surface area contributed by atoms with Gasteiger partial charge >= 0.3 is 0 Å². The first-order chi connectivity index (χ1) is 11.3. The van der Waals surface area contributed by atoms with Crippen molar-refractivity contribution in [2.24, 2.45) is 0 Å². The minimum atomic E-state index is -2.05. The minimum Gasteiger partial charge on any atom is -0.394 e. The average Bonchev–Trinajstić information content (AvgIpc) is 2.55. The highest BCUT2D eigenvalue weighted by Gasteiger charge is 2.71. The molecule has 0 unspecified atom stereocenters. The van der Waals surface area contributed by atoms with Gasteiger partial charge in [0.2, 0.25) is 5.79 Å². The molecule has 0 amide bonds. The molecular weight excluding hydrogens is 312 g/mol. The Morgan fingerprint density at radius 2 is 1.54 bits per heavy atom. The third-order valence-electron chi connectivity index (χ3n) is 4.45. The number of aliphatic hydroxyl groups is 4. The summed E-state index contributed by atoms with van der Waals surface area (Å²) < 4.78 is 11.4. The number of aliphatic hydroxyl groups excluding tert-OH is 2. The zero-order valence-corrected chi connectivity index (χ0v) is 13.9. The summed E-state index contributed by atoms with van der Waals surface area (Å²) in [6.07, 6.45) is 2.80. The maximum atomic E-state index is 11.4. The molecule has 6 heteroatoms. The largest absolute Gasteiger partial charge is 0.394 e. The zero-order valence-electron chi connectivity index (χ0n) is 13.9. The normalized spacial score (nSPS) is 39.2. The molecule has 136 valence electrons. The number of hydrogen-bond acceptors (Lipinski definition) is 6. The molecule has 0 radical (unpaired) electrons. The van der Waals surface area contributed by atoms with Crippen LogP contribution in [0.4, 0.5) is 0 Å². The van der Waals surface area contributed by atoms with Gasteiger partial charge in [-0.1, -0.05) is 24.3 Å². The Labute approximate surface area is 143 Å². The maximum Gasteiger partial charge on any atom is 0.202 e. The van der Waals surface area contributed by atoms with E-state index < -0.39 is 35.8 Å². The van der Waals surface area contributed by atoms with Gasteiger partial charge < -0.3 is 29.9 Å². The summed E-state index contributed by atoms with van der Waals surface area (Å²) >= 11 is 0. The topological polar surface area (TPSA) is 99.4 Å². The molecule has 1 heterocycles. The Hall–Kier alpha value is -1.28. The van der Waals surface area contributed by atoms with E-state index in [0.717, 1.165) is 0 Å². The molecule has 1 aliphatic heterocycles. The van der Waals surface area contributed by atoms with E-state index in [-0.39, 0.29) is 25.9 Å². The van der Waals surface area contributed by atoms with Gasteiger partial charge in [-0.3, -0.25) is 0 Å². The van der Waals surface area contributed by atoms with Crippen molar-refractivity contribution >= 4 is 0 Å². The lowest BCUT2D eigenvalue weighted by atomic mass is 9.65. The van der Waals surface area contributed by atoms with E-state index in [1.165, 1.54) is 24.3 Å². The fourth-order valence-electron chi connectivity index (χ4n) is 3.38. The lowest BCUT2D eigenvalue weighted by Crippen LogP contribution is -2.80. The second kappa shape index (κ2) is 8.20. The quantitative estimate of drug-likeness (QED) is 0.440. The first-order valence-corrected chi connectivity index (χ1v) is 7.81. The standard InChI is InChI=1S/C18H28O6/c1-5-9-16(21)15(20)14(13-19)24-18(22,11-7-3)17(16,10-6-2)23-12-8-4/h5-8,14-15,19-22H,1-4,9-13H2/t14-,15-,16+,17+,18+/m1/s1. The molecule has 24 heavy (non-hydrogen) atoms. The van der Waals surface area contributed by atoms with Crippen molar-refractivity contribution in [3.05, 3.63) is 50.6 Å². The Kier molecular flexibility index (Phi) is 7.10. The van der Waals surface area contributed by atoms with Crippen LogP contribution >= 0.6 is 0 Å². The van der Waals surface area contributed by atoms with Crippen LogP contribution < -0.4 is 0 Å². The summed E-state index contributed by atoms with van der Waals surface area (Å²) in [5, 5.41) is 42.7. The predicted octanol–water partition coefficient (Wildman–Crippen LogP) is 0.828. The van der Waals surface area contributed by atoms with E-state index >= 15 is 0 Å². The van der Waals surface area contributed by atoms with Crippen LogP contribution in [0.5, 0.6) is 0 Å². The summed E-state index contributed by atoms with van der Waals surface area (Å²) in [5.41, 5.74) is -3.74. The number of ether oxygens (including phenoxy) is 2. The highest BCUT2D eigenvalue weighted by molar-refractivity contribution is 5.21. The van der Waals surface area contributed by atoms with Gasteiger partial charge in [-0.15, -0.1) is 26.3 Å².